The molecule has 104 valence electrons. The minimum atomic E-state index is -0.143. The molecule has 0 bridgehead atoms. The monoisotopic (exact) mass is 407 g/mol. The van der Waals surface area contributed by atoms with Crippen LogP contribution in [0.3, 0.4) is 0 Å². The Kier molecular flexibility index (Phi) is 4.26. The molecule has 0 saturated heterocycles. The second-order valence-electron chi connectivity index (χ2n) is 4.21. The molecular weight excluding hydrogens is 397 g/mol. The normalized spacial score (nSPS) is 10.3. The molecule has 0 atom stereocenters. The van der Waals surface area contributed by atoms with Crippen LogP contribution in [0.5, 0.6) is 0 Å². The standard InChI is InChI=1S/C15H10IN3OS/c16-12-4-2-1-3-11(12)14(20)19-15-18-13(9-21-15)10-5-7-17-8-6-10/h1-9H,(H,18,19,20). The predicted octanol–water partition coefficient (Wildman–Crippen LogP) is 4.06. The maximum Gasteiger partial charge on any atom is 0.258 e. The molecule has 0 unspecified atom stereocenters. The van der Waals surface area contributed by atoms with E-state index in [1.54, 1.807) is 18.5 Å². The highest BCUT2D eigenvalue weighted by Crippen LogP contribution is 2.25. The smallest absolute Gasteiger partial charge is 0.258 e. The van der Waals surface area contributed by atoms with Crippen molar-refractivity contribution < 1.29 is 4.79 Å². The quantitative estimate of drug-likeness (QED) is 0.667. The highest BCUT2D eigenvalue weighted by atomic mass is 127. The van der Waals surface area contributed by atoms with Crippen molar-refractivity contribution in [2.45, 2.75) is 0 Å². The number of thiazole rings is 1. The summed E-state index contributed by atoms with van der Waals surface area (Å²) in [5, 5.41) is 5.34. The van der Waals surface area contributed by atoms with Crippen LogP contribution in [-0.4, -0.2) is 15.9 Å². The zero-order chi connectivity index (χ0) is 14.7. The zero-order valence-corrected chi connectivity index (χ0v) is 13.8. The molecule has 2 heterocycles. The van der Waals surface area contributed by atoms with Crippen LogP contribution in [0.2, 0.25) is 0 Å². The first-order chi connectivity index (χ1) is 10.2. The fourth-order valence-electron chi connectivity index (χ4n) is 1.80. The average Bonchev–Trinajstić information content (AvgIpc) is 2.97. The summed E-state index contributed by atoms with van der Waals surface area (Å²) >= 11 is 3.56. The molecule has 3 aromatic rings. The lowest BCUT2D eigenvalue weighted by Gasteiger charge is -2.03. The van der Waals surface area contributed by atoms with Crippen molar-refractivity contribution in [3.05, 3.63) is 63.3 Å². The second kappa shape index (κ2) is 6.31. The summed E-state index contributed by atoms with van der Waals surface area (Å²) in [5.74, 6) is -0.143. The first-order valence-electron chi connectivity index (χ1n) is 6.16. The maximum atomic E-state index is 12.2. The molecule has 3 rings (SSSR count). The Labute approximate surface area is 139 Å². The molecule has 4 nitrogen and oxygen atoms in total. The Balaban J connectivity index is 1.79. The lowest BCUT2D eigenvalue weighted by Crippen LogP contribution is -2.13. The van der Waals surface area contributed by atoms with Crippen LogP contribution in [-0.2, 0) is 0 Å². The lowest BCUT2D eigenvalue weighted by atomic mass is 10.2. The fourth-order valence-corrected chi connectivity index (χ4v) is 3.14. The van der Waals surface area contributed by atoms with E-state index in [4.69, 9.17) is 0 Å². The first-order valence-corrected chi connectivity index (χ1v) is 8.11. The fraction of sp³-hybridized carbons (Fsp3) is 0. The van der Waals surface area contributed by atoms with Crippen LogP contribution in [0.1, 0.15) is 10.4 Å². The minimum Gasteiger partial charge on any atom is -0.298 e. The van der Waals surface area contributed by atoms with Crippen LogP contribution in [0, 0.1) is 3.57 Å². The molecule has 0 radical (unpaired) electrons. The Morgan fingerprint density at radius 2 is 1.90 bits per heavy atom. The molecular formula is C15H10IN3OS. The van der Waals surface area contributed by atoms with E-state index in [-0.39, 0.29) is 5.91 Å². The van der Waals surface area contributed by atoms with Crippen LogP contribution in [0.25, 0.3) is 11.3 Å². The molecule has 2 aromatic heterocycles. The van der Waals surface area contributed by atoms with E-state index in [0.29, 0.717) is 10.7 Å². The number of carbonyl (C=O) groups is 1. The van der Waals surface area contributed by atoms with E-state index in [2.05, 4.69) is 37.9 Å². The number of nitrogens with zero attached hydrogens (tertiary/aromatic N) is 2. The molecule has 0 saturated carbocycles. The Morgan fingerprint density at radius 3 is 2.67 bits per heavy atom. The van der Waals surface area contributed by atoms with Gasteiger partial charge >= 0.3 is 0 Å². The van der Waals surface area contributed by atoms with Crippen LogP contribution >= 0.6 is 33.9 Å². The Morgan fingerprint density at radius 1 is 1.14 bits per heavy atom. The van der Waals surface area contributed by atoms with Crippen molar-refractivity contribution in [1.29, 1.82) is 0 Å². The maximum absolute atomic E-state index is 12.2. The minimum absolute atomic E-state index is 0.143. The van der Waals surface area contributed by atoms with Gasteiger partial charge in [-0.3, -0.25) is 15.1 Å². The lowest BCUT2D eigenvalue weighted by molar-refractivity contribution is 0.102. The summed E-state index contributed by atoms with van der Waals surface area (Å²) < 4.78 is 0.915. The Hall–Kier alpha value is -1.80. The highest BCUT2D eigenvalue weighted by molar-refractivity contribution is 14.1. The largest absolute Gasteiger partial charge is 0.298 e. The van der Waals surface area contributed by atoms with E-state index >= 15 is 0 Å². The van der Waals surface area contributed by atoms with Gasteiger partial charge in [0.05, 0.1) is 11.3 Å². The van der Waals surface area contributed by atoms with Gasteiger partial charge in [0, 0.05) is 26.9 Å². The van der Waals surface area contributed by atoms with Gasteiger partial charge in [-0.2, -0.15) is 0 Å². The summed E-state index contributed by atoms with van der Waals surface area (Å²) in [4.78, 5) is 20.6. The average molecular weight is 407 g/mol. The van der Waals surface area contributed by atoms with Gasteiger partial charge in [-0.05, 0) is 46.9 Å². The van der Waals surface area contributed by atoms with Crippen molar-refractivity contribution in [1.82, 2.24) is 9.97 Å². The van der Waals surface area contributed by atoms with Crippen molar-refractivity contribution in [2.24, 2.45) is 0 Å². The van der Waals surface area contributed by atoms with Gasteiger partial charge in [0.15, 0.2) is 5.13 Å². The van der Waals surface area contributed by atoms with Crippen LogP contribution < -0.4 is 5.32 Å². The number of rotatable bonds is 3. The number of aromatic nitrogens is 2. The number of hydrogen-bond acceptors (Lipinski definition) is 4. The number of anilines is 1. The van der Waals surface area contributed by atoms with Gasteiger partial charge in [-0.25, -0.2) is 4.98 Å². The summed E-state index contributed by atoms with van der Waals surface area (Å²) in [6.45, 7) is 0. The molecule has 0 fully saturated rings. The predicted molar refractivity (Wildman–Crippen MR) is 92.5 cm³/mol. The molecule has 21 heavy (non-hydrogen) atoms. The van der Waals surface area contributed by atoms with Gasteiger partial charge in [0.2, 0.25) is 0 Å². The van der Waals surface area contributed by atoms with Crippen molar-refractivity contribution >= 4 is 45.0 Å². The zero-order valence-electron chi connectivity index (χ0n) is 10.8. The molecule has 0 aliphatic rings. The number of halogens is 1. The molecule has 1 N–H and O–H groups in total. The highest BCUT2D eigenvalue weighted by Gasteiger charge is 2.12. The SMILES string of the molecule is O=C(Nc1nc(-c2ccncc2)cs1)c1ccccc1I. The number of nitrogens with one attached hydrogen (secondary N) is 1. The van der Waals surface area contributed by atoms with Crippen LogP contribution in [0.4, 0.5) is 5.13 Å². The molecule has 0 aliphatic heterocycles. The molecule has 0 spiro atoms. The molecule has 1 amide bonds. The van der Waals surface area contributed by atoms with Gasteiger partial charge < -0.3 is 0 Å². The van der Waals surface area contributed by atoms with Gasteiger partial charge in [0.1, 0.15) is 0 Å². The summed E-state index contributed by atoms with van der Waals surface area (Å²) in [6, 6.07) is 11.2. The number of pyridine rings is 1. The van der Waals surface area contributed by atoms with Crippen molar-refractivity contribution in [3.8, 4) is 11.3 Å². The third-order valence-electron chi connectivity index (χ3n) is 2.82. The topological polar surface area (TPSA) is 54.9 Å². The second-order valence-corrected chi connectivity index (χ2v) is 6.23. The summed E-state index contributed by atoms with van der Waals surface area (Å²) in [6.07, 6.45) is 3.44. The van der Waals surface area contributed by atoms with Crippen molar-refractivity contribution in [3.63, 3.8) is 0 Å². The van der Waals surface area contributed by atoms with E-state index in [1.165, 1.54) is 11.3 Å². The third-order valence-corrected chi connectivity index (χ3v) is 4.52. The van der Waals surface area contributed by atoms with E-state index in [9.17, 15) is 4.79 Å². The number of amides is 1. The number of carbonyl (C=O) groups excluding carboxylic acids is 1. The van der Waals surface area contributed by atoms with E-state index in [0.717, 1.165) is 14.8 Å². The summed E-state index contributed by atoms with van der Waals surface area (Å²) in [5.41, 5.74) is 2.47. The molecule has 6 heteroatoms. The van der Waals surface area contributed by atoms with Crippen molar-refractivity contribution in [2.75, 3.05) is 5.32 Å². The van der Waals surface area contributed by atoms with E-state index < -0.39 is 0 Å². The molecule has 0 aliphatic carbocycles. The third kappa shape index (κ3) is 3.27. The first kappa shape index (κ1) is 14.2. The van der Waals surface area contributed by atoms with E-state index in [1.807, 2.05) is 35.7 Å². The summed E-state index contributed by atoms with van der Waals surface area (Å²) in [7, 11) is 0. The Bertz CT molecular complexity index is 773. The van der Waals surface area contributed by atoms with Gasteiger partial charge in [-0.1, -0.05) is 12.1 Å². The van der Waals surface area contributed by atoms with Gasteiger partial charge in [-0.15, -0.1) is 11.3 Å². The van der Waals surface area contributed by atoms with Gasteiger partial charge in [0.25, 0.3) is 5.91 Å². The number of benzene rings is 1. The number of hydrogen-bond donors (Lipinski definition) is 1. The molecule has 1 aromatic carbocycles. The van der Waals surface area contributed by atoms with Crippen LogP contribution in [0.15, 0.2) is 54.2 Å².